The summed E-state index contributed by atoms with van der Waals surface area (Å²) in [4.78, 5) is 24.9. The Labute approximate surface area is 230 Å². The van der Waals surface area contributed by atoms with E-state index in [-0.39, 0.29) is 37.3 Å². The van der Waals surface area contributed by atoms with E-state index in [1.165, 1.54) is 17.4 Å². The molecule has 2 atom stereocenters. The second-order valence-corrected chi connectivity index (χ2v) is 11.8. The topological polar surface area (TPSA) is 110 Å². The van der Waals surface area contributed by atoms with E-state index < -0.39 is 40.8 Å². The van der Waals surface area contributed by atoms with Crippen LogP contribution in [0.1, 0.15) is 28.4 Å². The third-order valence-corrected chi connectivity index (χ3v) is 8.72. The molecule has 40 heavy (non-hydrogen) atoms. The summed E-state index contributed by atoms with van der Waals surface area (Å²) in [6.07, 6.45) is -2.88. The number of benzene rings is 2. The second kappa shape index (κ2) is 11.9. The van der Waals surface area contributed by atoms with Gasteiger partial charge in [0.25, 0.3) is 12.4 Å². The van der Waals surface area contributed by atoms with Gasteiger partial charge >= 0.3 is 6.18 Å². The molecule has 2 N–H and O–H groups in total. The van der Waals surface area contributed by atoms with Gasteiger partial charge in [0, 0.05) is 37.3 Å². The summed E-state index contributed by atoms with van der Waals surface area (Å²) in [6.45, 7) is 0.721. The molecule has 3 aromatic rings. The molecule has 9 nitrogen and oxygen atoms in total. The van der Waals surface area contributed by atoms with Gasteiger partial charge in [0.05, 0.1) is 29.5 Å². The van der Waals surface area contributed by atoms with Crippen molar-refractivity contribution in [1.29, 1.82) is 0 Å². The zero-order valence-electron chi connectivity index (χ0n) is 22.1. The lowest BCUT2D eigenvalue weighted by Gasteiger charge is -2.28. The van der Waals surface area contributed by atoms with Crippen molar-refractivity contribution in [3.63, 3.8) is 0 Å². The van der Waals surface area contributed by atoms with Crippen LogP contribution in [0.4, 0.5) is 18.9 Å². The van der Waals surface area contributed by atoms with Crippen molar-refractivity contribution in [3.8, 4) is 0 Å². The highest BCUT2D eigenvalue weighted by Crippen LogP contribution is 2.35. The number of nitrogens with one attached hydrogen (secondary N) is 2. The van der Waals surface area contributed by atoms with Crippen LogP contribution in [0, 0.1) is 0 Å². The molecule has 216 valence electrons. The number of rotatable bonds is 11. The third-order valence-electron chi connectivity index (χ3n) is 6.99. The van der Waals surface area contributed by atoms with Gasteiger partial charge in [0.1, 0.15) is 6.10 Å². The molecule has 0 unspecified atom stereocenters. The van der Waals surface area contributed by atoms with Crippen LogP contribution in [-0.4, -0.2) is 69.6 Å². The van der Waals surface area contributed by atoms with Gasteiger partial charge in [-0.05, 0) is 36.1 Å². The van der Waals surface area contributed by atoms with Crippen LogP contribution in [-0.2, 0) is 38.9 Å². The predicted octanol–water partition coefficient (Wildman–Crippen LogP) is 3.02. The SMILES string of the molecule is CCc1cn2c3c(cc(C(=O)N[C@@H](Cc4ccccc4)[C@@H](CNCC(F)(F)F)OC=O)cc13)N(C)S(=O)(=O)CC2. The van der Waals surface area contributed by atoms with E-state index >= 15 is 0 Å². The number of ether oxygens (including phenoxy) is 1. The van der Waals surface area contributed by atoms with Crippen LogP contribution in [0.25, 0.3) is 10.9 Å². The van der Waals surface area contributed by atoms with E-state index in [1.807, 2.05) is 17.7 Å². The number of alkyl halides is 3. The van der Waals surface area contributed by atoms with Crippen molar-refractivity contribution in [2.24, 2.45) is 0 Å². The molecule has 0 radical (unpaired) electrons. The van der Waals surface area contributed by atoms with Gasteiger partial charge in [-0.1, -0.05) is 37.3 Å². The number of nitrogens with zero attached hydrogens (tertiary/aromatic N) is 2. The molecular weight excluding hydrogens is 549 g/mol. The maximum atomic E-state index is 13.6. The van der Waals surface area contributed by atoms with Crippen molar-refractivity contribution < 1.29 is 35.9 Å². The summed E-state index contributed by atoms with van der Waals surface area (Å²) in [5.74, 6) is -0.680. The molecule has 0 saturated carbocycles. The number of hydrogen-bond acceptors (Lipinski definition) is 6. The zero-order chi connectivity index (χ0) is 29.1. The van der Waals surface area contributed by atoms with Gasteiger partial charge in [0.2, 0.25) is 10.0 Å². The first kappa shape index (κ1) is 29.4. The molecule has 1 amide bonds. The summed E-state index contributed by atoms with van der Waals surface area (Å²) >= 11 is 0. The summed E-state index contributed by atoms with van der Waals surface area (Å²) < 4.78 is 72.1. The molecule has 1 aliphatic heterocycles. The molecule has 0 bridgehead atoms. The number of aryl methyl sites for hydroxylation is 2. The fraction of sp³-hybridized carbons (Fsp3) is 0.407. The molecule has 0 fully saturated rings. The van der Waals surface area contributed by atoms with Crippen LogP contribution < -0.4 is 14.9 Å². The number of carbonyl (C=O) groups is 2. The Morgan fingerprint density at radius 3 is 2.58 bits per heavy atom. The number of halogens is 3. The van der Waals surface area contributed by atoms with Gasteiger partial charge in [-0.2, -0.15) is 13.2 Å². The van der Waals surface area contributed by atoms with Crippen molar-refractivity contribution in [1.82, 2.24) is 15.2 Å². The molecule has 2 aromatic carbocycles. The largest absolute Gasteiger partial charge is 0.461 e. The lowest BCUT2D eigenvalue weighted by atomic mass is 9.99. The number of hydrogen-bond donors (Lipinski definition) is 2. The van der Waals surface area contributed by atoms with Crippen LogP contribution >= 0.6 is 0 Å². The Balaban J connectivity index is 1.70. The smallest absolute Gasteiger partial charge is 0.401 e. The van der Waals surface area contributed by atoms with Gasteiger partial charge in [-0.25, -0.2) is 8.42 Å². The lowest BCUT2D eigenvalue weighted by molar-refractivity contribution is -0.136. The number of sulfonamides is 1. The molecule has 1 aliphatic rings. The number of amides is 1. The summed E-state index contributed by atoms with van der Waals surface area (Å²) in [5, 5.41) is 5.81. The summed E-state index contributed by atoms with van der Waals surface area (Å²) in [5.41, 5.74) is 2.94. The quantitative estimate of drug-likeness (QED) is 0.338. The highest BCUT2D eigenvalue weighted by atomic mass is 32.2. The Kier molecular flexibility index (Phi) is 8.74. The molecule has 13 heteroatoms. The summed E-state index contributed by atoms with van der Waals surface area (Å²) in [6, 6.07) is 11.2. The minimum Gasteiger partial charge on any atom is -0.461 e. The fourth-order valence-corrected chi connectivity index (χ4v) is 6.07. The molecule has 0 saturated heterocycles. The maximum Gasteiger partial charge on any atom is 0.401 e. The van der Waals surface area contributed by atoms with E-state index in [4.69, 9.17) is 4.74 Å². The first-order valence-corrected chi connectivity index (χ1v) is 14.4. The minimum absolute atomic E-state index is 0.0958. The second-order valence-electron chi connectivity index (χ2n) is 9.66. The first-order chi connectivity index (χ1) is 18.9. The van der Waals surface area contributed by atoms with Crippen molar-refractivity contribution in [3.05, 3.63) is 65.4 Å². The third kappa shape index (κ3) is 6.58. The number of anilines is 1. The Hall–Kier alpha value is -3.58. The van der Waals surface area contributed by atoms with Crippen molar-refractivity contribution >= 4 is 39.0 Å². The number of aromatic nitrogens is 1. The van der Waals surface area contributed by atoms with Crippen LogP contribution in [0.2, 0.25) is 0 Å². The molecule has 4 rings (SSSR count). The van der Waals surface area contributed by atoms with E-state index in [0.717, 1.165) is 16.5 Å². The van der Waals surface area contributed by atoms with E-state index in [9.17, 15) is 31.2 Å². The Morgan fingerprint density at radius 1 is 1.20 bits per heavy atom. The first-order valence-electron chi connectivity index (χ1n) is 12.8. The van der Waals surface area contributed by atoms with Crippen molar-refractivity contribution in [2.75, 3.05) is 30.2 Å². The highest BCUT2D eigenvalue weighted by molar-refractivity contribution is 7.92. The van der Waals surface area contributed by atoms with Gasteiger partial charge in [0.15, 0.2) is 0 Å². The monoisotopic (exact) mass is 580 g/mol. The lowest BCUT2D eigenvalue weighted by Crippen LogP contribution is -2.50. The highest BCUT2D eigenvalue weighted by Gasteiger charge is 2.32. The van der Waals surface area contributed by atoms with Crippen LogP contribution in [0.5, 0.6) is 0 Å². The average molecular weight is 581 g/mol. The zero-order valence-corrected chi connectivity index (χ0v) is 22.9. The number of carbonyl (C=O) groups excluding carboxylic acids is 2. The molecular formula is C27H31F3N4O5S. The van der Waals surface area contributed by atoms with E-state index in [0.29, 0.717) is 17.6 Å². The molecule has 0 spiro atoms. The molecule has 1 aromatic heterocycles. The fourth-order valence-electron chi connectivity index (χ4n) is 4.93. The average Bonchev–Trinajstić information content (AvgIpc) is 3.23. The van der Waals surface area contributed by atoms with Gasteiger partial charge < -0.3 is 19.9 Å². The van der Waals surface area contributed by atoms with Gasteiger partial charge in [-0.3, -0.25) is 13.9 Å². The summed E-state index contributed by atoms with van der Waals surface area (Å²) in [7, 11) is -2.19. The minimum atomic E-state index is -4.47. The van der Waals surface area contributed by atoms with Gasteiger partial charge in [-0.15, -0.1) is 0 Å². The Bertz CT molecular complexity index is 1470. The standard InChI is InChI=1S/C27H31F3N4O5S/c1-3-19-15-34-9-10-40(37,38)33(2)23-13-20(12-21(19)25(23)34)26(36)32-22(11-18-7-5-4-6-8-18)24(39-17-35)14-31-16-27(28,29)30/h4-8,12-13,15,17,22,24,31H,3,9-11,14,16H2,1-2H3,(H,32,36)/t22-,24+/m0/s1. The maximum absolute atomic E-state index is 13.6. The van der Waals surface area contributed by atoms with Crippen LogP contribution in [0.15, 0.2) is 48.7 Å². The normalized spacial score (nSPS) is 16.3. The Morgan fingerprint density at radius 2 is 1.93 bits per heavy atom. The molecule has 0 aliphatic carbocycles. The van der Waals surface area contributed by atoms with E-state index in [2.05, 4.69) is 10.6 Å². The van der Waals surface area contributed by atoms with E-state index in [1.54, 1.807) is 36.4 Å². The van der Waals surface area contributed by atoms with Crippen molar-refractivity contribution in [2.45, 2.75) is 44.6 Å². The van der Waals surface area contributed by atoms with Crippen LogP contribution in [0.3, 0.4) is 0 Å². The molecule has 2 heterocycles. The predicted molar refractivity (Wildman–Crippen MR) is 145 cm³/mol.